The Bertz CT molecular complexity index is 361. The number of benzene rings is 1. The van der Waals surface area contributed by atoms with Crippen molar-refractivity contribution >= 4 is 23.1 Å². The average Bonchev–Trinajstić information content (AvgIpc) is 2.17. The average molecular weight is 226 g/mol. The van der Waals surface area contributed by atoms with Crippen LogP contribution in [-0.2, 0) is 0 Å². The van der Waals surface area contributed by atoms with E-state index >= 15 is 0 Å². The van der Waals surface area contributed by atoms with Crippen LogP contribution in [0.25, 0.3) is 0 Å². The zero-order valence-electron chi connectivity index (χ0n) is 9.38. The molecule has 0 saturated carbocycles. The summed E-state index contributed by atoms with van der Waals surface area (Å²) in [7, 11) is 3.98. The third kappa shape index (κ3) is 2.96. The molecular weight excluding hydrogens is 210 g/mol. The summed E-state index contributed by atoms with van der Waals surface area (Å²) in [5.41, 5.74) is 3.00. The Morgan fingerprint density at radius 1 is 1.40 bits per heavy atom. The maximum atomic E-state index is 11.6. The van der Waals surface area contributed by atoms with Crippen molar-refractivity contribution in [3.63, 3.8) is 0 Å². The van der Waals surface area contributed by atoms with Crippen molar-refractivity contribution in [2.45, 2.75) is 13.3 Å². The number of ketones is 1. The van der Waals surface area contributed by atoms with Gasteiger partial charge in [-0.3, -0.25) is 4.79 Å². The van der Waals surface area contributed by atoms with Gasteiger partial charge in [0.05, 0.1) is 0 Å². The number of halogens is 1. The number of nitrogens with zero attached hydrogens (tertiary/aromatic N) is 1. The molecule has 15 heavy (non-hydrogen) atoms. The summed E-state index contributed by atoms with van der Waals surface area (Å²) in [6, 6.07) is 5.75. The summed E-state index contributed by atoms with van der Waals surface area (Å²) in [5, 5.41) is 0. The van der Waals surface area contributed by atoms with Crippen LogP contribution >= 0.6 is 11.6 Å². The van der Waals surface area contributed by atoms with Crippen molar-refractivity contribution in [3.05, 3.63) is 29.3 Å². The number of rotatable bonds is 4. The molecule has 1 aromatic rings. The van der Waals surface area contributed by atoms with Gasteiger partial charge in [-0.1, -0.05) is 0 Å². The largest absolute Gasteiger partial charge is 0.377 e. The Balaban J connectivity index is 2.96. The van der Waals surface area contributed by atoms with Gasteiger partial charge in [0.1, 0.15) is 0 Å². The second-order valence-electron chi connectivity index (χ2n) is 3.76. The van der Waals surface area contributed by atoms with Gasteiger partial charge >= 0.3 is 0 Å². The number of aryl methyl sites for hydroxylation is 1. The van der Waals surface area contributed by atoms with Crippen LogP contribution in [0.1, 0.15) is 22.3 Å². The summed E-state index contributed by atoms with van der Waals surface area (Å²) in [6.45, 7) is 2.01. The highest BCUT2D eigenvalue weighted by Gasteiger charge is 2.07. The number of carbonyl (C=O) groups is 1. The first-order chi connectivity index (χ1) is 7.06. The summed E-state index contributed by atoms with van der Waals surface area (Å²) in [5.74, 6) is 0.492. The van der Waals surface area contributed by atoms with Crippen LogP contribution < -0.4 is 4.90 Å². The lowest BCUT2D eigenvalue weighted by atomic mass is 10.0. The molecule has 0 N–H and O–H groups in total. The maximum Gasteiger partial charge on any atom is 0.164 e. The normalized spacial score (nSPS) is 10.1. The molecule has 0 heterocycles. The van der Waals surface area contributed by atoms with Crippen LogP contribution in [-0.4, -0.2) is 25.8 Å². The molecule has 0 saturated heterocycles. The number of alkyl halides is 1. The molecule has 0 spiro atoms. The van der Waals surface area contributed by atoms with E-state index < -0.39 is 0 Å². The lowest BCUT2D eigenvalue weighted by Gasteiger charge is -2.16. The quantitative estimate of drug-likeness (QED) is 0.580. The van der Waals surface area contributed by atoms with Gasteiger partial charge in [0.2, 0.25) is 0 Å². The predicted octanol–water partition coefficient (Wildman–Crippen LogP) is 2.87. The molecule has 0 amide bonds. The lowest BCUT2D eigenvalue weighted by molar-refractivity contribution is 0.0989. The van der Waals surface area contributed by atoms with Gasteiger partial charge in [0, 0.05) is 37.6 Å². The molecule has 0 radical (unpaired) electrons. The van der Waals surface area contributed by atoms with Crippen LogP contribution in [0.5, 0.6) is 0 Å². The molecule has 0 aliphatic rings. The Morgan fingerprint density at radius 2 is 2.07 bits per heavy atom. The van der Waals surface area contributed by atoms with Crippen molar-refractivity contribution in [2.75, 3.05) is 24.9 Å². The maximum absolute atomic E-state index is 11.6. The van der Waals surface area contributed by atoms with Crippen LogP contribution in [0.3, 0.4) is 0 Å². The fourth-order valence-electron chi connectivity index (χ4n) is 1.56. The second-order valence-corrected chi connectivity index (χ2v) is 4.14. The molecule has 2 nitrogen and oxygen atoms in total. The highest BCUT2D eigenvalue weighted by molar-refractivity contribution is 6.19. The Kier molecular flexibility index (Phi) is 4.15. The highest BCUT2D eigenvalue weighted by atomic mass is 35.5. The van der Waals surface area contributed by atoms with Crippen molar-refractivity contribution < 1.29 is 4.79 Å². The van der Waals surface area contributed by atoms with Crippen molar-refractivity contribution in [1.29, 1.82) is 0 Å². The van der Waals surface area contributed by atoms with Crippen LogP contribution in [0.4, 0.5) is 5.69 Å². The van der Waals surface area contributed by atoms with Gasteiger partial charge in [-0.25, -0.2) is 0 Å². The Morgan fingerprint density at radius 3 is 2.53 bits per heavy atom. The fraction of sp³-hybridized carbons (Fsp3) is 0.417. The van der Waals surface area contributed by atoms with E-state index in [1.807, 2.05) is 44.1 Å². The van der Waals surface area contributed by atoms with Crippen molar-refractivity contribution in [3.8, 4) is 0 Å². The van der Waals surface area contributed by atoms with Crippen molar-refractivity contribution in [2.24, 2.45) is 0 Å². The first kappa shape index (κ1) is 12.1. The molecule has 1 aromatic carbocycles. The zero-order chi connectivity index (χ0) is 11.4. The molecule has 0 aliphatic heterocycles. The Hall–Kier alpha value is -1.02. The molecule has 0 fully saturated rings. The standard InChI is InChI=1S/C12H16ClNO/c1-9-8-10(12(15)6-7-13)4-5-11(9)14(2)3/h4-5,8H,6-7H2,1-3H3. The van der Waals surface area contributed by atoms with Crippen LogP contribution in [0.2, 0.25) is 0 Å². The first-order valence-electron chi connectivity index (χ1n) is 4.93. The van der Waals surface area contributed by atoms with Gasteiger partial charge < -0.3 is 4.90 Å². The fourth-order valence-corrected chi connectivity index (χ4v) is 1.73. The number of anilines is 1. The molecule has 0 aromatic heterocycles. The third-order valence-corrected chi connectivity index (χ3v) is 2.51. The molecule has 82 valence electrons. The SMILES string of the molecule is Cc1cc(C(=O)CCCl)ccc1N(C)C. The molecule has 0 unspecified atom stereocenters. The van der Waals surface area contributed by atoms with Crippen LogP contribution in [0.15, 0.2) is 18.2 Å². The molecule has 0 aliphatic carbocycles. The van der Waals surface area contributed by atoms with Gasteiger partial charge in [-0.05, 0) is 30.7 Å². The van der Waals surface area contributed by atoms with Crippen molar-refractivity contribution in [1.82, 2.24) is 0 Å². The van der Waals surface area contributed by atoms with Gasteiger partial charge in [-0.15, -0.1) is 11.6 Å². The monoisotopic (exact) mass is 225 g/mol. The molecule has 0 atom stereocenters. The van der Waals surface area contributed by atoms with E-state index in [1.165, 1.54) is 0 Å². The molecular formula is C12H16ClNO. The lowest BCUT2D eigenvalue weighted by Crippen LogP contribution is -2.11. The van der Waals surface area contributed by atoms with E-state index in [1.54, 1.807) is 0 Å². The summed E-state index contributed by atoms with van der Waals surface area (Å²) in [6.07, 6.45) is 0.405. The van der Waals surface area contributed by atoms with E-state index in [-0.39, 0.29) is 5.78 Å². The second kappa shape index (κ2) is 5.17. The predicted molar refractivity (Wildman–Crippen MR) is 65.2 cm³/mol. The topological polar surface area (TPSA) is 20.3 Å². The zero-order valence-corrected chi connectivity index (χ0v) is 10.1. The van der Waals surface area contributed by atoms with Gasteiger partial charge in [0.25, 0.3) is 0 Å². The van der Waals surface area contributed by atoms with Crippen LogP contribution in [0, 0.1) is 6.92 Å². The number of hydrogen-bond donors (Lipinski definition) is 0. The smallest absolute Gasteiger partial charge is 0.164 e. The van der Waals surface area contributed by atoms with E-state index in [0.29, 0.717) is 12.3 Å². The molecule has 3 heteroatoms. The molecule has 1 rings (SSSR count). The van der Waals surface area contributed by atoms with Gasteiger partial charge in [0.15, 0.2) is 5.78 Å². The molecule has 0 bridgehead atoms. The summed E-state index contributed by atoms with van der Waals surface area (Å²) >= 11 is 5.54. The third-order valence-electron chi connectivity index (χ3n) is 2.32. The van der Waals surface area contributed by atoms with E-state index in [9.17, 15) is 4.79 Å². The minimum Gasteiger partial charge on any atom is -0.377 e. The summed E-state index contributed by atoms with van der Waals surface area (Å²) < 4.78 is 0. The first-order valence-corrected chi connectivity index (χ1v) is 5.47. The Labute approximate surface area is 95.8 Å². The van der Waals surface area contributed by atoms with E-state index in [0.717, 1.165) is 16.8 Å². The number of carbonyl (C=O) groups excluding carboxylic acids is 1. The number of Topliss-reactive ketones (excluding diaryl/α,β-unsaturated/α-hetero) is 1. The van der Waals surface area contributed by atoms with E-state index in [4.69, 9.17) is 11.6 Å². The minimum absolute atomic E-state index is 0.110. The summed E-state index contributed by atoms with van der Waals surface area (Å²) in [4.78, 5) is 13.6. The highest BCUT2D eigenvalue weighted by Crippen LogP contribution is 2.19. The van der Waals surface area contributed by atoms with Gasteiger partial charge in [-0.2, -0.15) is 0 Å². The van der Waals surface area contributed by atoms with E-state index in [2.05, 4.69) is 0 Å². The minimum atomic E-state index is 0.110. The number of hydrogen-bond acceptors (Lipinski definition) is 2.